The Bertz CT molecular complexity index is 1350. The zero-order chi connectivity index (χ0) is 23.6. The van der Waals surface area contributed by atoms with Gasteiger partial charge in [-0.3, -0.25) is 9.52 Å². The molecule has 1 amide bonds. The van der Waals surface area contributed by atoms with Gasteiger partial charge in [-0.25, -0.2) is 13.4 Å². The summed E-state index contributed by atoms with van der Waals surface area (Å²) in [7, 11) is -3.88. The molecular weight excluding hydrogens is 438 g/mol. The Hall–Kier alpha value is -3.65. The molecule has 0 saturated heterocycles. The number of aryl methyl sites for hydroxylation is 3. The van der Waals surface area contributed by atoms with Crippen LogP contribution < -0.4 is 10.0 Å². The summed E-state index contributed by atoms with van der Waals surface area (Å²) in [6.45, 7) is 6.58. The zero-order valence-corrected chi connectivity index (χ0v) is 19.5. The van der Waals surface area contributed by atoms with Gasteiger partial charge in [0.2, 0.25) is 5.90 Å². The number of nitrogens with zero attached hydrogens (tertiary/aromatic N) is 1. The maximum atomic E-state index is 13.4. The maximum absolute atomic E-state index is 13.4. The van der Waals surface area contributed by atoms with Crippen LogP contribution in [0.5, 0.6) is 0 Å². The number of hydrogen-bond acceptors (Lipinski definition) is 5. The lowest BCUT2D eigenvalue weighted by atomic mass is 10.0. The van der Waals surface area contributed by atoms with Gasteiger partial charge in [0.1, 0.15) is 6.61 Å². The molecule has 33 heavy (non-hydrogen) atoms. The lowest BCUT2D eigenvalue weighted by Crippen LogP contribution is -2.21. The summed E-state index contributed by atoms with van der Waals surface area (Å²) in [5.74, 6) is 0.0481. The molecule has 0 spiro atoms. The number of benzene rings is 3. The van der Waals surface area contributed by atoms with E-state index in [1.807, 2.05) is 32.0 Å². The monoisotopic (exact) mass is 463 g/mol. The summed E-state index contributed by atoms with van der Waals surface area (Å²) in [5.41, 5.74) is 4.12. The highest BCUT2D eigenvalue weighted by molar-refractivity contribution is 7.92. The molecule has 1 aliphatic heterocycles. The number of hydrogen-bond donors (Lipinski definition) is 2. The summed E-state index contributed by atoms with van der Waals surface area (Å²) in [6.07, 6.45) is 0. The second-order valence-electron chi connectivity index (χ2n) is 7.96. The Morgan fingerprint density at radius 3 is 2.36 bits per heavy atom. The molecule has 0 fully saturated rings. The van der Waals surface area contributed by atoms with Gasteiger partial charge in [0.15, 0.2) is 0 Å². The van der Waals surface area contributed by atoms with Crippen molar-refractivity contribution in [1.82, 2.24) is 0 Å². The van der Waals surface area contributed by atoms with Gasteiger partial charge >= 0.3 is 0 Å². The second-order valence-corrected chi connectivity index (χ2v) is 9.64. The summed E-state index contributed by atoms with van der Waals surface area (Å²) in [4.78, 5) is 17.8. The van der Waals surface area contributed by atoms with E-state index in [2.05, 4.69) is 15.0 Å². The smallest absolute Gasteiger partial charge is 0.261 e. The van der Waals surface area contributed by atoms with Crippen LogP contribution in [0.1, 0.15) is 32.6 Å². The molecule has 0 saturated carbocycles. The third-order valence-electron chi connectivity index (χ3n) is 5.27. The van der Waals surface area contributed by atoms with E-state index >= 15 is 0 Å². The molecule has 1 aliphatic rings. The summed E-state index contributed by atoms with van der Waals surface area (Å²) < 4.78 is 34.2. The van der Waals surface area contributed by atoms with Crippen LogP contribution in [0.25, 0.3) is 0 Å². The van der Waals surface area contributed by atoms with Crippen molar-refractivity contribution in [2.75, 3.05) is 23.2 Å². The van der Waals surface area contributed by atoms with Gasteiger partial charge in [0.05, 0.1) is 33.9 Å². The average molecular weight is 464 g/mol. The first-order chi connectivity index (χ1) is 15.7. The molecule has 4 rings (SSSR count). The molecule has 0 unspecified atom stereocenters. The highest BCUT2D eigenvalue weighted by atomic mass is 32.2. The molecule has 1 heterocycles. The molecule has 0 bridgehead atoms. The van der Waals surface area contributed by atoms with Crippen LogP contribution in [0.2, 0.25) is 0 Å². The van der Waals surface area contributed by atoms with E-state index in [4.69, 9.17) is 4.74 Å². The van der Waals surface area contributed by atoms with E-state index in [9.17, 15) is 13.2 Å². The van der Waals surface area contributed by atoms with Gasteiger partial charge in [-0.15, -0.1) is 0 Å². The van der Waals surface area contributed by atoms with Gasteiger partial charge < -0.3 is 10.1 Å². The lowest BCUT2D eigenvalue weighted by molar-refractivity contribution is 0.102. The summed E-state index contributed by atoms with van der Waals surface area (Å²) >= 11 is 0. The van der Waals surface area contributed by atoms with Crippen LogP contribution in [0, 0.1) is 20.8 Å². The molecule has 3 aromatic carbocycles. The fraction of sp³-hybridized carbons (Fsp3) is 0.200. The van der Waals surface area contributed by atoms with Gasteiger partial charge in [0.25, 0.3) is 15.9 Å². The van der Waals surface area contributed by atoms with Crippen LogP contribution in [-0.4, -0.2) is 33.4 Å². The predicted octanol–water partition coefficient (Wildman–Crippen LogP) is 4.44. The van der Waals surface area contributed by atoms with Crippen molar-refractivity contribution in [3.05, 3.63) is 88.5 Å². The summed E-state index contributed by atoms with van der Waals surface area (Å²) in [5, 5.41) is 2.90. The molecule has 7 nitrogen and oxygen atoms in total. The Kier molecular flexibility index (Phi) is 6.20. The minimum absolute atomic E-state index is 0.125. The number of amides is 1. The molecule has 0 aliphatic carbocycles. The molecule has 2 N–H and O–H groups in total. The third kappa shape index (κ3) is 4.90. The quantitative estimate of drug-likeness (QED) is 0.565. The van der Waals surface area contributed by atoms with Crippen molar-refractivity contribution in [3.63, 3.8) is 0 Å². The molecule has 8 heteroatoms. The number of carbonyl (C=O) groups is 1. The van der Waals surface area contributed by atoms with Gasteiger partial charge in [0, 0.05) is 0 Å². The molecule has 0 atom stereocenters. The number of aliphatic imine (C=N–C) groups is 1. The molecule has 170 valence electrons. The Labute approximate surface area is 193 Å². The van der Waals surface area contributed by atoms with Crippen molar-refractivity contribution in [2.24, 2.45) is 4.99 Å². The van der Waals surface area contributed by atoms with Crippen LogP contribution in [0.3, 0.4) is 0 Å². The summed E-state index contributed by atoms with van der Waals surface area (Å²) in [6, 6.07) is 17.3. The fourth-order valence-electron chi connectivity index (χ4n) is 3.73. The molecule has 0 radical (unpaired) electrons. The van der Waals surface area contributed by atoms with E-state index < -0.39 is 15.9 Å². The predicted molar refractivity (Wildman–Crippen MR) is 130 cm³/mol. The van der Waals surface area contributed by atoms with Crippen LogP contribution in [0.15, 0.2) is 70.6 Å². The Morgan fingerprint density at radius 1 is 0.939 bits per heavy atom. The number of carbonyl (C=O) groups excluding carboxylic acids is 1. The average Bonchev–Trinajstić information content (AvgIpc) is 3.28. The standard InChI is InChI=1S/C25H25N3O4S/c1-16-8-10-19(11-9-16)33(30,31)28-22-15-17(2)14-18(3)23(22)24(29)27-21-7-5-4-6-20(21)25-26-12-13-32-25/h4-11,14-15,28H,12-13H2,1-3H3,(H,27,29). The van der Waals surface area contributed by atoms with E-state index in [-0.39, 0.29) is 16.1 Å². The molecular formula is C25H25N3O4S. The Morgan fingerprint density at radius 2 is 1.67 bits per heavy atom. The van der Waals surface area contributed by atoms with Crippen molar-refractivity contribution in [2.45, 2.75) is 25.7 Å². The maximum Gasteiger partial charge on any atom is 0.261 e. The fourth-order valence-corrected chi connectivity index (χ4v) is 4.79. The minimum Gasteiger partial charge on any atom is -0.475 e. The number of sulfonamides is 1. The highest BCUT2D eigenvalue weighted by Gasteiger charge is 2.23. The second kappa shape index (κ2) is 9.07. The number of rotatable bonds is 6. The minimum atomic E-state index is -3.88. The van der Waals surface area contributed by atoms with Crippen molar-refractivity contribution >= 4 is 33.2 Å². The van der Waals surface area contributed by atoms with Crippen molar-refractivity contribution in [3.8, 4) is 0 Å². The normalized spacial score (nSPS) is 13.2. The largest absolute Gasteiger partial charge is 0.475 e. The lowest BCUT2D eigenvalue weighted by Gasteiger charge is -2.17. The van der Waals surface area contributed by atoms with Gasteiger partial charge in [-0.2, -0.15) is 0 Å². The SMILES string of the molecule is Cc1ccc(S(=O)(=O)Nc2cc(C)cc(C)c2C(=O)Nc2ccccc2C2=NCCO2)cc1. The van der Waals surface area contributed by atoms with Gasteiger partial charge in [-0.1, -0.05) is 35.9 Å². The van der Waals surface area contributed by atoms with Crippen LogP contribution in [-0.2, 0) is 14.8 Å². The number of anilines is 2. The Balaban J connectivity index is 1.69. The van der Waals surface area contributed by atoms with Crippen LogP contribution >= 0.6 is 0 Å². The van der Waals surface area contributed by atoms with Crippen molar-refractivity contribution < 1.29 is 17.9 Å². The molecule has 0 aromatic heterocycles. The van der Waals surface area contributed by atoms with Gasteiger partial charge in [-0.05, 0) is 62.2 Å². The van der Waals surface area contributed by atoms with E-state index in [1.54, 1.807) is 49.4 Å². The third-order valence-corrected chi connectivity index (χ3v) is 6.66. The molecule has 3 aromatic rings. The number of ether oxygens (including phenoxy) is 1. The van der Waals surface area contributed by atoms with Crippen molar-refractivity contribution in [1.29, 1.82) is 0 Å². The number of nitrogens with one attached hydrogen (secondary N) is 2. The zero-order valence-electron chi connectivity index (χ0n) is 18.7. The van der Waals surface area contributed by atoms with E-state index in [0.29, 0.717) is 35.9 Å². The number of para-hydroxylation sites is 1. The van der Waals surface area contributed by atoms with Crippen LogP contribution in [0.4, 0.5) is 11.4 Å². The van der Waals surface area contributed by atoms with E-state index in [0.717, 1.165) is 11.1 Å². The van der Waals surface area contributed by atoms with E-state index in [1.165, 1.54) is 0 Å². The first-order valence-electron chi connectivity index (χ1n) is 10.5. The topological polar surface area (TPSA) is 96.9 Å². The highest BCUT2D eigenvalue weighted by Crippen LogP contribution is 2.27. The first-order valence-corrected chi connectivity index (χ1v) is 12.0. The first kappa shape index (κ1) is 22.5.